The summed E-state index contributed by atoms with van der Waals surface area (Å²) >= 11 is 7.66. The fraction of sp³-hybridized carbons (Fsp3) is 0.308. The van der Waals surface area contributed by atoms with E-state index in [-0.39, 0.29) is 6.04 Å². The van der Waals surface area contributed by atoms with Crippen LogP contribution in [0.4, 0.5) is 0 Å². The van der Waals surface area contributed by atoms with Gasteiger partial charge in [-0.1, -0.05) is 30.7 Å². The molecule has 0 aliphatic carbocycles. The maximum Gasteiger partial charge on any atom is 0.110 e. The third-order valence-electron chi connectivity index (χ3n) is 2.67. The molecule has 2 nitrogen and oxygen atoms in total. The quantitative estimate of drug-likeness (QED) is 0.905. The van der Waals surface area contributed by atoms with E-state index < -0.39 is 0 Å². The minimum absolute atomic E-state index is 0.0339. The Morgan fingerprint density at radius 3 is 2.88 bits per heavy atom. The summed E-state index contributed by atoms with van der Waals surface area (Å²) < 4.78 is 0. The molecule has 1 heterocycles. The summed E-state index contributed by atoms with van der Waals surface area (Å²) in [4.78, 5) is 5.81. The standard InChI is InChI=1S/C13H15ClN2S/c1-3-11(15)13-16-12(8(2)17-13)9-5-4-6-10(14)7-9/h4-7,11H,3,15H2,1-2H3. The van der Waals surface area contributed by atoms with Crippen LogP contribution in [0.15, 0.2) is 24.3 Å². The lowest BCUT2D eigenvalue weighted by Gasteiger charge is -2.02. The predicted molar refractivity (Wildman–Crippen MR) is 74.5 cm³/mol. The SMILES string of the molecule is CCC(N)c1nc(-c2cccc(Cl)c2)c(C)s1. The number of hydrogen-bond acceptors (Lipinski definition) is 3. The van der Waals surface area contributed by atoms with Crippen LogP contribution in [0.2, 0.25) is 5.02 Å². The van der Waals surface area contributed by atoms with E-state index in [9.17, 15) is 0 Å². The summed E-state index contributed by atoms with van der Waals surface area (Å²) in [7, 11) is 0. The average molecular weight is 267 g/mol. The second-order valence-electron chi connectivity index (χ2n) is 3.98. The van der Waals surface area contributed by atoms with E-state index in [1.54, 1.807) is 11.3 Å². The van der Waals surface area contributed by atoms with Crippen LogP contribution in [-0.2, 0) is 0 Å². The van der Waals surface area contributed by atoms with Crippen molar-refractivity contribution in [3.05, 3.63) is 39.2 Å². The van der Waals surface area contributed by atoms with Crippen LogP contribution in [0.3, 0.4) is 0 Å². The van der Waals surface area contributed by atoms with Gasteiger partial charge in [-0.2, -0.15) is 0 Å². The van der Waals surface area contributed by atoms with Gasteiger partial charge in [0.25, 0.3) is 0 Å². The third kappa shape index (κ3) is 2.68. The molecule has 4 heteroatoms. The van der Waals surface area contributed by atoms with Crippen molar-refractivity contribution >= 4 is 22.9 Å². The number of rotatable bonds is 3. The summed E-state index contributed by atoms with van der Waals surface area (Å²) in [5.74, 6) is 0. The van der Waals surface area contributed by atoms with Crippen molar-refractivity contribution < 1.29 is 0 Å². The number of hydrogen-bond donors (Lipinski definition) is 1. The van der Waals surface area contributed by atoms with Crippen molar-refractivity contribution in [3.8, 4) is 11.3 Å². The molecule has 2 aromatic rings. The Labute approximate surface area is 110 Å². The Morgan fingerprint density at radius 1 is 1.47 bits per heavy atom. The fourth-order valence-electron chi connectivity index (χ4n) is 1.65. The highest BCUT2D eigenvalue weighted by molar-refractivity contribution is 7.12. The molecule has 1 atom stereocenters. The van der Waals surface area contributed by atoms with E-state index in [1.165, 1.54) is 4.88 Å². The minimum Gasteiger partial charge on any atom is -0.322 e. The molecule has 0 aliphatic rings. The Balaban J connectivity index is 2.42. The van der Waals surface area contributed by atoms with E-state index in [0.29, 0.717) is 0 Å². The van der Waals surface area contributed by atoms with Crippen molar-refractivity contribution in [2.75, 3.05) is 0 Å². The first-order valence-corrected chi connectivity index (χ1v) is 6.80. The molecule has 2 rings (SSSR count). The van der Waals surface area contributed by atoms with Crippen LogP contribution >= 0.6 is 22.9 Å². The number of thiazole rings is 1. The summed E-state index contributed by atoms with van der Waals surface area (Å²) in [6, 6.07) is 7.80. The molecule has 1 unspecified atom stereocenters. The van der Waals surface area contributed by atoms with Crippen LogP contribution < -0.4 is 5.73 Å². The Bertz CT molecular complexity index is 522. The van der Waals surface area contributed by atoms with Gasteiger partial charge in [0.15, 0.2) is 0 Å². The van der Waals surface area contributed by atoms with Gasteiger partial charge in [0.05, 0.1) is 11.7 Å². The molecule has 1 aromatic heterocycles. The zero-order valence-electron chi connectivity index (χ0n) is 9.90. The summed E-state index contributed by atoms with van der Waals surface area (Å²) in [5.41, 5.74) is 8.06. The zero-order chi connectivity index (χ0) is 12.4. The second-order valence-corrected chi connectivity index (χ2v) is 5.65. The van der Waals surface area contributed by atoms with Gasteiger partial charge in [0.2, 0.25) is 0 Å². The predicted octanol–water partition coefficient (Wildman–Crippen LogP) is 4.18. The molecule has 90 valence electrons. The molecule has 0 bridgehead atoms. The minimum atomic E-state index is 0.0339. The lowest BCUT2D eigenvalue weighted by atomic mass is 10.1. The Hall–Kier alpha value is -0.900. The maximum absolute atomic E-state index is 6.01. The molecule has 0 amide bonds. The molecule has 0 aliphatic heterocycles. The summed E-state index contributed by atoms with van der Waals surface area (Å²) in [5, 5.41) is 1.73. The van der Waals surface area contributed by atoms with E-state index in [2.05, 4.69) is 18.8 Å². The number of nitrogens with zero attached hydrogens (tertiary/aromatic N) is 1. The summed E-state index contributed by atoms with van der Waals surface area (Å²) in [6.07, 6.45) is 0.905. The number of aryl methyl sites for hydroxylation is 1. The van der Waals surface area contributed by atoms with Crippen molar-refractivity contribution in [2.45, 2.75) is 26.3 Å². The van der Waals surface area contributed by atoms with Crippen LogP contribution in [0.1, 0.15) is 29.3 Å². The van der Waals surface area contributed by atoms with Gasteiger partial charge in [-0.05, 0) is 25.5 Å². The first kappa shape index (κ1) is 12.6. The van der Waals surface area contributed by atoms with Crippen LogP contribution in [0.25, 0.3) is 11.3 Å². The normalized spacial score (nSPS) is 12.7. The molecule has 17 heavy (non-hydrogen) atoms. The molecular formula is C13H15ClN2S. The first-order chi connectivity index (χ1) is 8.11. The van der Waals surface area contributed by atoms with Crippen molar-refractivity contribution in [1.29, 1.82) is 0 Å². The molecule has 0 spiro atoms. The number of benzene rings is 1. The van der Waals surface area contributed by atoms with Crippen molar-refractivity contribution in [3.63, 3.8) is 0 Å². The van der Waals surface area contributed by atoms with Crippen molar-refractivity contribution in [1.82, 2.24) is 4.98 Å². The highest BCUT2D eigenvalue weighted by Gasteiger charge is 2.13. The molecule has 0 fully saturated rings. The van der Waals surface area contributed by atoms with Crippen LogP contribution in [-0.4, -0.2) is 4.98 Å². The number of aromatic nitrogens is 1. The number of nitrogens with two attached hydrogens (primary N) is 1. The van der Waals surface area contributed by atoms with Gasteiger partial charge in [0.1, 0.15) is 5.01 Å². The van der Waals surface area contributed by atoms with Crippen LogP contribution in [0.5, 0.6) is 0 Å². The van der Waals surface area contributed by atoms with E-state index in [1.807, 2.05) is 24.3 Å². The van der Waals surface area contributed by atoms with Crippen molar-refractivity contribution in [2.24, 2.45) is 5.73 Å². The fourth-order valence-corrected chi connectivity index (χ4v) is 2.87. The van der Waals surface area contributed by atoms with Gasteiger partial charge < -0.3 is 5.73 Å². The highest BCUT2D eigenvalue weighted by atomic mass is 35.5. The lowest BCUT2D eigenvalue weighted by molar-refractivity contribution is 0.693. The second kappa shape index (κ2) is 5.17. The smallest absolute Gasteiger partial charge is 0.110 e. The lowest BCUT2D eigenvalue weighted by Crippen LogP contribution is -2.07. The van der Waals surface area contributed by atoms with Gasteiger partial charge in [-0.25, -0.2) is 4.98 Å². The van der Waals surface area contributed by atoms with Crippen LogP contribution in [0, 0.1) is 6.92 Å². The van der Waals surface area contributed by atoms with E-state index in [0.717, 1.165) is 27.7 Å². The summed E-state index contributed by atoms with van der Waals surface area (Å²) in [6.45, 7) is 4.14. The number of halogens is 1. The monoisotopic (exact) mass is 266 g/mol. The molecule has 0 radical (unpaired) electrons. The third-order valence-corrected chi connectivity index (χ3v) is 4.01. The average Bonchev–Trinajstić information content (AvgIpc) is 2.70. The molecule has 0 saturated carbocycles. The highest BCUT2D eigenvalue weighted by Crippen LogP contribution is 2.31. The largest absolute Gasteiger partial charge is 0.322 e. The van der Waals surface area contributed by atoms with Gasteiger partial charge in [-0.3, -0.25) is 0 Å². The zero-order valence-corrected chi connectivity index (χ0v) is 11.5. The van der Waals surface area contributed by atoms with Gasteiger partial charge in [-0.15, -0.1) is 11.3 Å². The van der Waals surface area contributed by atoms with E-state index in [4.69, 9.17) is 17.3 Å². The molecule has 1 aromatic carbocycles. The molecular weight excluding hydrogens is 252 g/mol. The molecule has 0 saturated heterocycles. The Morgan fingerprint density at radius 2 is 2.24 bits per heavy atom. The molecule has 2 N–H and O–H groups in total. The first-order valence-electron chi connectivity index (χ1n) is 5.60. The Kier molecular flexibility index (Phi) is 3.82. The van der Waals surface area contributed by atoms with E-state index >= 15 is 0 Å². The maximum atomic E-state index is 6.01. The van der Waals surface area contributed by atoms with Gasteiger partial charge in [0, 0.05) is 15.5 Å². The topological polar surface area (TPSA) is 38.9 Å². The van der Waals surface area contributed by atoms with Gasteiger partial charge >= 0.3 is 0 Å².